The molecule has 0 atom stereocenters. The fraction of sp³-hybridized carbons (Fsp3) is 0.281. The molecule has 0 bridgehead atoms. The number of rotatable bonds is 5. The number of hydrogen-bond donors (Lipinski definition) is 0. The topological polar surface area (TPSA) is 26.0 Å². The molecule has 3 aromatic carbocycles. The lowest BCUT2D eigenvalue weighted by atomic mass is 9.78. The number of hydrogen-bond acceptors (Lipinski definition) is 2. The van der Waals surface area contributed by atoms with Crippen molar-refractivity contribution in [2.75, 3.05) is 0 Å². The van der Waals surface area contributed by atoms with Crippen molar-refractivity contribution in [3.05, 3.63) is 102 Å². The zero-order valence-electron chi connectivity index (χ0n) is 21.8. The number of furan rings is 1. The van der Waals surface area contributed by atoms with E-state index in [9.17, 15) is 0 Å². The molecule has 0 aliphatic heterocycles. The standard InChI is InChI=1S/C32H31NO/c1-32(2,25-10-4-3-5-11-25)26-13-14-27-28-20-24(12-15-30(28)34-31(27)21-26)29-19-23(16-17-33-29)18-22-8-6-7-9-22/h3-5,10-17,19-22H,6-9,18H2,1-2H3/i18D2. The van der Waals surface area contributed by atoms with Crippen LogP contribution < -0.4 is 0 Å². The van der Waals surface area contributed by atoms with Gasteiger partial charge < -0.3 is 4.42 Å². The summed E-state index contributed by atoms with van der Waals surface area (Å²) in [7, 11) is 0. The Hall–Kier alpha value is -3.39. The molecule has 2 heterocycles. The van der Waals surface area contributed by atoms with E-state index in [0.29, 0.717) is 0 Å². The van der Waals surface area contributed by atoms with E-state index in [0.717, 1.165) is 64.4 Å². The van der Waals surface area contributed by atoms with Crippen LogP contribution in [0.4, 0.5) is 0 Å². The maximum atomic E-state index is 8.79. The van der Waals surface area contributed by atoms with Crippen molar-refractivity contribution >= 4 is 21.9 Å². The Labute approximate surface area is 204 Å². The second-order valence-corrected chi connectivity index (χ2v) is 10.1. The molecular weight excluding hydrogens is 414 g/mol. The van der Waals surface area contributed by atoms with Crippen LogP contribution in [0, 0.1) is 5.92 Å². The number of nitrogens with zero attached hydrogens (tertiary/aromatic N) is 1. The van der Waals surface area contributed by atoms with Crippen LogP contribution in [0.5, 0.6) is 0 Å². The second kappa shape index (κ2) is 8.43. The first-order valence-electron chi connectivity index (χ1n) is 13.3. The number of aromatic nitrogens is 1. The van der Waals surface area contributed by atoms with Crippen LogP contribution in [0.3, 0.4) is 0 Å². The van der Waals surface area contributed by atoms with Gasteiger partial charge in [0.2, 0.25) is 0 Å². The summed E-state index contributed by atoms with van der Waals surface area (Å²) in [5.41, 5.74) is 6.57. The first-order chi connectivity index (χ1) is 17.3. The van der Waals surface area contributed by atoms with Crippen LogP contribution in [0.15, 0.2) is 89.5 Å². The summed E-state index contributed by atoms with van der Waals surface area (Å²) in [5.74, 6) is 0.0855. The third-order valence-electron chi connectivity index (χ3n) is 7.47. The molecule has 1 aliphatic rings. The van der Waals surface area contributed by atoms with E-state index in [4.69, 9.17) is 7.16 Å². The fourth-order valence-corrected chi connectivity index (χ4v) is 5.33. The molecule has 2 nitrogen and oxygen atoms in total. The molecule has 0 amide bonds. The van der Waals surface area contributed by atoms with E-state index in [1.165, 1.54) is 11.1 Å². The lowest BCUT2D eigenvalue weighted by Gasteiger charge is -2.26. The molecule has 2 heteroatoms. The Morgan fingerprint density at radius 1 is 0.853 bits per heavy atom. The Bertz CT molecular complexity index is 1550. The first kappa shape index (κ1) is 19.0. The lowest BCUT2D eigenvalue weighted by Crippen LogP contribution is -2.18. The molecule has 5 aromatic rings. The highest BCUT2D eigenvalue weighted by atomic mass is 16.3. The summed E-state index contributed by atoms with van der Waals surface area (Å²) in [5, 5.41) is 2.13. The largest absolute Gasteiger partial charge is 0.456 e. The zero-order valence-corrected chi connectivity index (χ0v) is 19.8. The third kappa shape index (κ3) is 3.81. The van der Waals surface area contributed by atoms with Crippen molar-refractivity contribution in [3.63, 3.8) is 0 Å². The Balaban J connectivity index is 1.39. The van der Waals surface area contributed by atoms with Crippen molar-refractivity contribution in [2.45, 2.75) is 51.3 Å². The van der Waals surface area contributed by atoms with Gasteiger partial charge >= 0.3 is 0 Å². The molecule has 0 spiro atoms. The molecule has 0 unspecified atom stereocenters. The van der Waals surface area contributed by atoms with Crippen molar-refractivity contribution < 1.29 is 7.16 Å². The average Bonchev–Trinajstić information content (AvgIpc) is 3.57. The highest BCUT2D eigenvalue weighted by Crippen LogP contribution is 2.37. The Morgan fingerprint density at radius 2 is 1.68 bits per heavy atom. The first-order valence-corrected chi connectivity index (χ1v) is 12.3. The number of fused-ring (bicyclic) bond motifs is 3. The van der Waals surface area contributed by atoms with Gasteiger partial charge in [0.1, 0.15) is 11.2 Å². The van der Waals surface area contributed by atoms with Gasteiger partial charge in [0.15, 0.2) is 0 Å². The van der Waals surface area contributed by atoms with Crippen molar-refractivity contribution in [1.29, 1.82) is 0 Å². The summed E-state index contributed by atoms with van der Waals surface area (Å²) in [4.78, 5) is 4.60. The molecule has 1 fully saturated rings. The molecule has 34 heavy (non-hydrogen) atoms. The minimum absolute atomic E-state index is 0.0855. The summed E-state index contributed by atoms with van der Waals surface area (Å²) in [6.45, 7) is 4.49. The van der Waals surface area contributed by atoms with Gasteiger partial charge in [-0.2, -0.15) is 0 Å². The van der Waals surface area contributed by atoms with Gasteiger partial charge in [-0.3, -0.25) is 4.98 Å². The Morgan fingerprint density at radius 3 is 2.50 bits per heavy atom. The molecular formula is C32H31NO. The van der Waals surface area contributed by atoms with Gasteiger partial charge in [-0.05, 0) is 65.4 Å². The highest BCUT2D eigenvalue weighted by molar-refractivity contribution is 6.06. The number of benzene rings is 3. The van der Waals surface area contributed by atoms with E-state index in [2.05, 4.69) is 67.4 Å². The molecule has 6 rings (SSSR count). The molecule has 1 saturated carbocycles. The molecule has 170 valence electrons. The predicted octanol–water partition coefficient (Wildman–Crippen LogP) is 8.71. The van der Waals surface area contributed by atoms with Gasteiger partial charge in [0.25, 0.3) is 0 Å². The van der Waals surface area contributed by atoms with Crippen LogP contribution >= 0.6 is 0 Å². The minimum atomic E-state index is -1.33. The zero-order chi connectivity index (χ0) is 24.9. The fourth-order valence-electron chi connectivity index (χ4n) is 5.33. The lowest BCUT2D eigenvalue weighted by molar-refractivity contribution is 0.546. The summed E-state index contributed by atoms with van der Waals surface area (Å²) in [6, 6.07) is 27.0. The quantitative estimate of drug-likeness (QED) is 0.269. The molecule has 2 aromatic heterocycles. The van der Waals surface area contributed by atoms with Gasteiger partial charge in [-0.15, -0.1) is 0 Å². The van der Waals surface area contributed by atoms with Crippen LogP contribution in [-0.4, -0.2) is 4.98 Å². The Kier molecular flexibility index (Phi) is 4.71. The predicted molar refractivity (Wildman–Crippen MR) is 141 cm³/mol. The minimum Gasteiger partial charge on any atom is -0.456 e. The summed E-state index contributed by atoms with van der Waals surface area (Å²) < 4.78 is 23.9. The molecule has 0 radical (unpaired) electrons. The monoisotopic (exact) mass is 447 g/mol. The van der Waals surface area contributed by atoms with E-state index in [1.807, 2.05) is 30.3 Å². The van der Waals surface area contributed by atoms with E-state index >= 15 is 0 Å². The smallest absolute Gasteiger partial charge is 0.135 e. The van der Waals surface area contributed by atoms with Crippen LogP contribution in [0.2, 0.25) is 0 Å². The average molecular weight is 448 g/mol. The van der Waals surface area contributed by atoms with Gasteiger partial charge in [-0.25, -0.2) is 0 Å². The molecule has 0 N–H and O–H groups in total. The van der Waals surface area contributed by atoms with Crippen molar-refractivity contribution in [2.24, 2.45) is 5.92 Å². The van der Waals surface area contributed by atoms with Crippen LogP contribution in [-0.2, 0) is 11.8 Å². The highest BCUT2D eigenvalue weighted by Gasteiger charge is 2.24. The van der Waals surface area contributed by atoms with Gasteiger partial charge in [-0.1, -0.05) is 82.0 Å². The van der Waals surface area contributed by atoms with E-state index in [-0.39, 0.29) is 11.3 Å². The molecule has 1 aliphatic carbocycles. The van der Waals surface area contributed by atoms with Crippen LogP contribution in [0.1, 0.15) is 59.0 Å². The van der Waals surface area contributed by atoms with Gasteiger partial charge in [0.05, 0.1) is 5.69 Å². The summed E-state index contributed by atoms with van der Waals surface area (Å²) >= 11 is 0. The molecule has 0 saturated heterocycles. The maximum Gasteiger partial charge on any atom is 0.135 e. The third-order valence-corrected chi connectivity index (χ3v) is 7.47. The summed E-state index contributed by atoms with van der Waals surface area (Å²) in [6.07, 6.45) is 4.57. The van der Waals surface area contributed by atoms with E-state index < -0.39 is 6.37 Å². The van der Waals surface area contributed by atoms with Gasteiger partial charge in [0, 0.05) is 30.7 Å². The second-order valence-electron chi connectivity index (χ2n) is 10.1. The van der Waals surface area contributed by atoms with E-state index in [1.54, 1.807) is 6.20 Å². The van der Waals surface area contributed by atoms with Crippen LogP contribution in [0.25, 0.3) is 33.2 Å². The maximum absolute atomic E-state index is 8.79. The van der Waals surface area contributed by atoms with Crippen molar-refractivity contribution in [3.8, 4) is 11.3 Å². The number of pyridine rings is 1. The van der Waals surface area contributed by atoms with Crippen molar-refractivity contribution in [1.82, 2.24) is 4.98 Å². The SMILES string of the molecule is [2H]C([2H])(c1ccnc(-c2ccc3oc4cc(C(C)(C)c5ccccc5)ccc4c3c2)c1)C1CCCC1. The normalized spacial score (nSPS) is 16.2.